The number of allylic oxidation sites excluding steroid dienone is 3. The van der Waals surface area contributed by atoms with Gasteiger partial charge in [-0.05, 0) is 99.5 Å². The van der Waals surface area contributed by atoms with Crippen LogP contribution >= 0.6 is 0 Å². The van der Waals surface area contributed by atoms with Crippen molar-refractivity contribution < 1.29 is 19.7 Å². The summed E-state index contributed by atoms with van der Waals surface area (Å²) >= 11 is 0. The van der Waals surface area contributed by atoms with Gasteiger partial charge in [-0.2, -0.15) is 0 Å². The third-order valence-corrected chi connectivity index (χ3v) is 8.63. The van der Waals surface area contributed by atoms with Crippen molar-refractivity contribution in [3.8, 4) is 0 Å². The second kappa shape index (κ2) is 9.49. The highest BCUT2D eigenvalue weighted by molar-refractivity contribution is 5.38. The number of fused-ring (bicyclic) bond motifs is 1. The van der Waals surface area contributed by atoms with Crippen molar-refractivity contribution in [1.82, 2.24) is 0 Å². The average molecular weight is 435 g/mol. The molecule has 31 heavy (non-hydrogen) atoms. The van der Waals surface area contributed by atoms with Gasteiger partial charge in [-0.1, -0.05) is 38.2 Å². The van der Waals surface area contributed by atoms with Crippen LogP contribution in [0.25, 0.3) is 0 Å². The summed E-state index contributed by atoms with van der Waals surface area (Å²) in [4.78, 5) is 0. The number of halogens is 1. The van der Waals surface area contributed by atoms with Gasteiger partial charge in [0.2, 0.25) is 0 Å². The molecule has 0 spiro atoms. The summed E-state index contributed by atoms with van der Waals surface area (Å²) in [5, 5.41) is 30.1. The Balaban J connectivity index is 1.71. The van der Waals surface area contributed by atoms with Crippen molar-refractivity contribution in [2.24, 2.45) is 23.2 Å². The third kappa shape index (κ3) is 5.34. The van der Waals surface area contributed by atoms with E-state index in [0.717, 1.165) is 24.0 Å². The van der Waals surface area contributed by atoms with Gasteiger partial charge in [-0.15, -0.1) is 0 Å². The fraction of sp³-hybridized carbons (Fsp3) is 0.778. The minimum atomic E-state index is -1.26. The van der Waals surface area contributed by atoms with E-state index >= 15 is 0 Å². The lowest BCUT2D eigenvalue weighted by Crippen LogP contribution is -2.37. The molecule has 3 aliphatic rings. The van der Waals surface area contributed by atoms with Crippen LogP contribution in [0, 0.1) is 23.2 Å². The maximum Gasteiger partial charge on any atom is 0.128 e. The molecule has 3 fully saturated rings. The summed E-state index contributed by atoms with van der Waals surface area (Å²) in [7, 11) is 0. The van der Waals surface area contributed by atoms with Gasteiger partial charge in [0.15, 0.2) is 0 Å². The molecule has 0 aromatic carbocycles. The number of alkyl halides is 1. The number of aliphatic hydroxyl groups is 3. The molecule has 0 bridgehead atoms. The first-order valence-electron chi connectivity index (χ1n) is 12.2. The van der Waals surface area contributed by atoms with Gasteiger partial charge in [0.1, 0.15) is 6.17 Å². The van der Waals surface area contributed by atoms with Crippen LogP contribution in [-0.2, 0) is 0 Å². The molecular formula is C27H43FO3. The summed E-state index contributed by atoms with van der Waals surface area (Å²) in [6.07, 6.45) is 10.0. The molecule has 3 aliphatic carbocycles. The molecule has 0 amide bonds. The molecule has 0 aromatic rings. The second-order valence-electron chi connectivity index (χ2n) is 11.3. The summed E-state index contributed by atoms with van der Waals surface area (Å²) in [5.41, 5.74) is 2.17. The molecule has 0 aromatic heterocycles. The van der Waals surface area contributed by atoms with Crippen molar-refractivity contribution in [3.63, 3.8) is 0 Å². The predicted octanol–water partition coefficient (Wildman–Crippen LogP) is 5.65. The van der Waals surface area contributed by atoms with E-state index in [0.29, 0.717) is 37.0 Å². The molecule has 7 atom stereocenters. The van der Waals surface area contributed by atoms with Crippen LogP contribution in [0.3, 0.4) is 0 Å². The molecule has 0 heterocycles. The fourth-order valence-electron chi connectivity index (χ4n) is 6.64. The van der Waals surface area contributed by atoms with E-state index in [1.54, 1.807) is 13.8 Å². The first-order chi connectivity index (χ1) is 14.4. The van der Waals surface area contributed by atoms with E-state index in [4.69, 9.17) is 0 Å². The van der Waals surface area contributed by atoms with Crippen molar-refractivity contribution in [2.45, 2.75) is 109 Å². The first kappa shape index (κ1) is 24.7. The summed E-state index contributed by atoms with van der Waals surface area (Å²) < 4.78 is 14.3. The van der Waals surface area contributed by atoms with Gasteiger partial charge in [0.05, 0.1) is 17.8 Å². The van der Waals surface area contributed by atoms with E-state index in [9.17, 15) is 19.7 Å². The largest absolute Gasteiger partial charge is 0.393 e. The van der Waals surface area contributed by atoms with Crippen molar-refractivity contribution in [2.75, 3.05) is 0 Å². The maximum absolute atomic E-state index is 14.3. The number of hydrogen-bond donors (Lipinski definition) is 3. The summed E-state index contributed by atoms with van der Waals surface area (Å²) in [5.74, 6) is 1.57. The zero-order valence-electron chi connectivity index (χ0n) is 19.9. The Morgan fingerprint density at radius 3 is 2.61 bits per heavy atom. The van der Waals surface area contributed by atoms with Crippen molar-refractivity contribution >= 4 is 0 Å². The van der Waals surface area contributed by atoms with Crippen LogP contribution in [0.5, 0.6) is 0 Å². The summed E-state index contributed by atoms with van der Waals surface area (Å²) in [6, 6.07) is 0. The van der Waals surface area contributed by atoms with Crippen LogP contribution in [0.15, 0.2) is 35.5 Å². The number of rotatable bonds is 6. The molecule has 3 nitrogen and oxygen atoms in total. The second-order valence-corrected chi connectivity index (χ2v) is 11.3. The Morgan fingerprint density at radius 2 is 1.94 bits per heavy atom. The summed E-state index contributed by atoms with van der Waals surface area (Å²) in [6.45, 7) is 11.8. The highest BCUT2D eigenvalue weighted by Gasteiger charge is 2.50. The molecule has 4 heteroatoms. The van der Waals surface area contributed by atoms with Gasteiger partial charge in [0.25, 0.3) is 0 Å². The predicted molar refractivity (Wildman–Crippen MR) is 124 cm³/mol. The zero-order chi connectivity index (χ0) is 23.0. The van der Waals surface area contributed by atoms with E-state index in [2.05, 4.69) is 32.6 Å². The highest BCUT2D eigenvalue weighted by Crippen LogP contribution is 2.60. The monoisotopic (exact) mass is 434 g/mol. The molecule has 0 aliphatic heterocycles. The Bertz CT molecular complexity index is 718. The van der Waals surface area contributed by atoms with E-state index in [1.165, 1.54) is 31.3 Å². The minimum absolute atomic E-state index is 0.241. The fourth-order valence-corrected chi connectivity index (χ4v) is 6.64. The van der Waals surface area contributed by atoms with Crippen LogP contribution in [0.1, 0.15) is 85.5 Å². The lowest BCUT2D eigenvalue weighted by molar-refractivity contribution is -0.0119. The molecule has 0 radical (unpaired) electrons. The van der Waals surface area contributed by atoms with Gasteiger partial charge in [-0.3, -0.25) is 0 Å². The maximum atomic E-state index is 14.3. The SMILES string of the molecule is C=C1/C(=C/C=C2\CCC[C@]3(C)[C@@H]([C@H](C)CC[C@@H](F)C(C)(C)O)CC[C@@H]23)C[C@@H](O)C[C@@H]1O. The lowest BCUT2D eigenvalue weighted by Gasteiger charge is -2.44. The van der Waals surface area contributed by atoms with E-state index in [-0.39, 0.29) is 5.41 Å². The van der Waals surface area contributed by atoms with E-state index < -0.39 is 24.0 Å². The van der Waals surface area contributed by atoms with Crippen LogP contribution in [-0.4, -0.2) is 39.3 Å². The van der Waals surface area contributed by atoms with Crippen molar-refractivity contribution in [1.29, 1.82) is 0 Å². The Morgan fingerprint density at radius 1 is 1.23 bits per heavy atom. The number of hydrogen-bond acceptors (Lipinski definition) is 3. The first-order valence-corrected chi connectivity index (χ1v) is 12.2. The van der Waals surface area contributed by atoms with Crippen molar-refractivity contribution in [3.05, 3.63) is 35.5 Å². The Labute approximate surface area is 188 Å². The zero-order valence-corrected chi connectivity index (χ0v) is 19.9. The Hall–Kier alpha value is -0.970. The van der Waals surface area contributed by atoms with Gasteiger partial charge < -0.3 is 15.3 Å². The third-order valence-electron chi connectivity index (χ3n) is 8.63. The standard InChI is InChI=1S/C27H43FO3/c1-17(8-13-25(28)26(3,4)31)22-11-12-23-19(7-6-14-27(22,23)5)9-10-20-15-21(29)16-24(30)18(20)2/h9-10,17,21-25,29-31H,2,6-8,11-16H2,1,3-5H3/b19-9+,20-10+/t17-,21-,22-,23+,24+,25-,27-/m1/s1. The van der Waals surface area contributed by atoms with E-state index in [1.807, 2.05) is 0 Å². The topological polar surface area (TPSA) is 60.7 Å². The van der Waals surface area contributed by atoms with Crippen LogP contribution < -0.4 is 0 Å². The Kier molecular flexibility index (Phi) is 7.55. The quantitative estimate of drug-likeness (QED) is 0.506. The normalized spacial score (nSPS) is 39.0. The molecular weight excluding hydrogens is 391 g/mol. The molecule has 176 valence electrons. The molecule has 3 N–H and O–H groups in total. The van der Waals surface area contributed by atoms with Crippen LogP contribution in [0.4, 0.5) is 4.39 Å². The van der Waals surface area contributed by atoms with Gasteiger partial charge >= 0.3 is 0 Å². The van der Waals surface area contributed by atoms with Crippen LogP contribution in [0.2, 0.25) is 0 Å². The average Bonchev–Trinajstić information content (AvgIpc) is 3.04. The van der Waals surface area contributed by atoms with Gasteiger partial charge in [0, 0.05) is 6.42 Å². The molecule has 3 rings (SSSR count). The minimum Gasteiger partial charge on any atom is -0.393 e. The smallest absolute Gasteiger partial charge is 0.128 e. The molecule has 0 saturated heterocycles. The lowest BCUT2D eigenvalue weighted by atomic mass is 9.60. The van der Waals surface area contributed by atoms with Gasteiger partial charge in [-0.25, -0.2) is 4.39 Å². The highest BCUT2D eigenvalue weighted by atomic mass is 19.1. The number of aliphatic hydroxyl groups excluding tert-OH is 2. The molecule has 3 saturated carbocycles. The molecule has 0 unspecified atom stereocenters.